The van der Waals surface area contributed by atoms with Gasteiger partial charge in [0.15, 0.2) is 0 Å². The lowest BCUT2D eigenvalue weighted by molar-refractivity contribution is -0.384. The number of halogens is 1. The van der Waals surface area contributed by atoms with Crippen LogP contribution in [0.25, 0.3) is 0 Å². The van der Waals surface area contributed by atoms with Crippen LogP contribution in [-0.4, -0.2) is 11.0 Å². The second-order valence-electron chi connectivity index (χ2n) is 6.17. The maximum Gasteiger partial charge on any atom is 0.411 e. The molecule has 3 aromatic carbocycles. The molecular weight excluding hydrogens is 396 g/mol. The van der Waals surface area contributed by atoms with Gasteiger partial charge >= 0.3 is 6.09 Å². The lowest BCUT2D eigenvalue weighted by Gasteiger charge is -2.11. The molecule has 0 aliphatic rings. The van der Waals surface area contributed by atoms with Crippen molar-refractivity contribution in [1.29, 1.82) is 0 Å². The van der Waals surface area contributed by atoms with Crippen LogP contribution in [0.2, 0.25) is 5.02 Å². The Kier molecular flexibility index (Phi) is 6.31. The fourth-order valence-corrected chi connectivity index (χ4v) is 2.63. The third-order valence-corrected chi connectivity index (χ3v) is 4.35. The Bertz CT molecular complexity index is 1040. The van der Waals surface area contributed by atoms with E-state index in [4.69, 9.17) is 21.1 Å². The molecule has 0 spiro atoms. The Morgan fingerprint density at radius 3 is 2.52 bits per heavy atom. The molecule has 0 saturated carbocycles. The summed E-state index contributed by atoms with van der Waals surface area (Å²) >= 11 is 6.00. The van der Waals surface area contributed by atoms with Crippen molar-refractivity contribution in [3.63, 3.8) is 0 Å². The number of non-ortho nitro benzene ring substituents is 1. The van der Waals surface area contributed by atoms with Crippen LogP contribution >= 0.6 is 11.6 Å². The number of nitro groups is 1. The lowest BCUT2D eigenvalue weighted by atomic mass is 10.2. The van der Waals surface area contributed by atoms with Gasteiger partial charge in [-0.05, 0) is 36.2 Å². The molecule has 0 fully saturated rings. The highest BCUT2D eigenvalue weighted by atomic mass is 35.5. The number of anilines is 1. The molecule has 0 atom stereocenters. The molecule has 0 unspecified atom stereocenters. The van der Waals surface area contributed by atoms with Crippen molar-refractivity contribution in [1.82, 2.24) is 0 Å². The number of nitro benzene ring substituents is 1. The van der Waals surface area contributed by atoms with E-state index in [1.807, 2.05) is 37.3 Å². The van der Waals surface area contributed by atoms with Gasteiger partial charge in [0.1, 0.15) is 18.1 Å². The first-order valence-electron chi connectivity index (χ1n) is 8.62. The number of nitrogens with one attached hydrogen (secondary N) is 1. The zero-order valence-corrected chi connectivity index (χ0v) is 16.2. The molecule has 29 heavy (non-hydrogen) atoms. The zero-order valence-electron chi connectivity index (χ0n) is 15.4. The molecule has 0 heterocycles. The first kappa shape index (κ1) is 20.2. The quantitative estimate of drug-likeness (QED) is 0.390. The molecule has 7 nitrogen and oxygen atoms in total. The van der Waals surface area contributed by atoms with Gasteiger partial charge in [-0.25, -0.2) is 4.79 Å². The fourth-order valence-electron chi connectivity index (χ4n) is 2.51. The summed E-state index contributed by atoms with van der Waals surface area (Å²) in [5, 5.41) is 14.3. The monoisotopic (exact) mass is 412 g/mol. The SMILES string of the molecule is Cc1cc(Oc2cc(NC(=O)OCc3ccccc3)cc([N+](=O)[O-])c2)ccc1Cl. The molecule has 0 saturated heterocycles. The third-order valence-electron chi connectivity index (χ3n) is 3.93. The molecule has 0 bridgehead atoms. The summed E-state index contributed by atoms with van der Waals surface area (Å²) in [6.07, 6.45) is -0.734. The molecule has 3 rings (SSSR count). The minimum absolute atomic E-state index is 0.0784. The maximum absolute atomic E-state index is 12.1. The van der Waals surface area contributed by atoms with Crippen molar-refractivity contribution < 1.29 is 19.2 Å². The average molecular weight is 413 g/mol. The van der Waals surface area contributed by atoms with E-state index in [1.54, 1.807) is 18.2 Å². The van der Waals surface area contributed by atoms with Crippen molar-refractivity contribution in [3.05, 3.63) is 93.0 Å². The van der Waals surface area contributed by atoms with E-state index >= 15 is 0 Å². The van der Waals surface area contributed by atoms with Gasteiger partial charge in [-0.2, -0.15) is 0 Å². The van der Waals surface area contributed by atoms with Crippen molar-refractivity contribution in [2.24, 2.45) is 0 Å². The summed E-state index contributed by atoms with van der Waals surface area (Å²) in [6, 6.07) is 18.2. The highest BCUT2D eigenvalue weighted by Crippen LogP contribution is 2.31. The summed E-state index contributed by atoms with van der Waals surface area (Å²) in [4.78, 5) is 22.7. The van der Waals surface area contributed by atoms with Crippen LogP contribution in [0.3, 0.4) is 0 Å². The summed E-state index contributed by atoms with van der Waals surface area (Å²) in [5.41, 5.74) is 1.57. The van der Waals surface area contributed by atoms with Crippen molar-refractivity contribution in [3.8, 4) is 11.5 Å². The Hall–Kier alpha value is -3.58. The van der Waals surface area contributed by atoms with Crippen molar-refractivity contribution in [2.75, 3.05) is 5.32 Å². The number of amides is 1. The van der Waals surface area contributed by atoms with Crippen LogP contribution in [0.1, 0.15) is 11.1 Å². The predicted octanol–water partition coefficient (Wildman–Crippen LogP) is 6.10. The normalized spacial score (nSPS) is 10.3. The van der Waals surface area contributed by atoms with Gasteiger partial charge < -0.3 is 9.47 Å². The lowest BCUT2D eigenvalue weighted by Crippen LogP contribution is -2.13. The van der Waals surface area contributed by atoms with E-state index in [9.17, 15) is 14.9 Å². The van der Waals surface area contributed by atoms with Gasteiger partial charge in [-0.3, -0.25) is 15.4 Å². The van der Waals surface area contributed by atoms with E-state index < -0.39 is 11.0 Å². The standard InChI is InChI=1S/C21H17ClN2O5/c1-14-9-18(7-8-20(14)22)29-19-11-16(10-17(12-19)24(26)27)23-21(25)28-13-15-5-3-2-4-6-15/h2-12H,13H2,1H3,(H,23,25). The largest absolute Gasteiger partial charge is 0.457 e. The topological polar surface area (TPSA) is 90.7 Å². The number of rotatable bonds is 6. The molecule has 1 amide bonds. The molecule has 8 heteroatoms. The Balaban J connectivity index is 1.74. The van der Waals surface area contributed by atoms with E-state index in [-0.39, 0.29) is 23.7 Å². The Morgan fingerprint density at radius 2 is 1.83 bits per heavy atom. The second-order valence-corrected chi connectivity index (χ2v) is 6.58. The number of nitrogens with zero attached hydrogens (tertiary/aromatic N) is 1. The molecule has 0 aliphatic heterocycles. The number of carbonyl (C=O) groups is 1. The summed E-state index contributed by atoms with van der Waals surface area (Å²) in [6.45, 7) is 1.90. The van der Waals surface area contributed by atoms with Crippen molar-refractivity contribution in [2.45, 2.75) is 13.5 Å². The van der Waals surface area contributed by atoms with E-state index in [0.29, 0.717) is 10.8 Å². The van der Waals surface area contributed by atoms with Crippen LogP contribution < -0.4 is 10.1 Å². The first-order valence-corrected chi connectivity index (χ1v) is 9.00. The summed E-state index contributed by atoms with van der Waals surface area (Å²) < 4.78 is 10.8. The van der Waals surface area contributed by atoms with Crippen molar-refractivity contribution >= 4 is 29.1 Å². The molecule has 1 N–H and O–H groups in total. The van der Waals surface area contributed by atoms with Crippen LogP contribution in [0.15, 0.2) is 66.7 Å². The van der Waals surface area contributed by atoms with Gasteiger partial charge in [0.2, 0.25) is 0 Å². The number of ether oxygens (including phenoxy) is 2. The number of hydrogen-bond donors (Lipinski definition) is 1. The number of aryl methyl sites for hydroxylation is 1. The maximum atomic E-state index is 12.1. The van der Waals surface area contributed by atoms with Gasteiger partial charge in [0.25, 0.3) is 5.69 Å². The van der Waals surface area contributed by atoms with Gasteiger partial charge in [0.05, 0.1) is 16.7 Å². The second kappa shape index (κ2) is 9.07. The molecule has 0 aliphatic carbocycles. The Morgan fingerprint density at radius 1 is 1.07 bits per heavy atom. The van der Waals surface area contributed by atoms with E-state index in [2.05, 4.69) is 5.32 Å². The number of carbonyl (C=O) groups excluding carboxylic acids is 1. The molecule has 0 radical (unpaired) electrons. The molecule has 3 aromatic rings. The molecular formula is C21H17ClN2O5. The molecule has 148 valence electrons. The average Bonchev–Trinajstić information content (AvgIpc) is 2.70. The Labute approximate surface area is 172 Å². The minimum Gasteiger partial charge on any atom is -0.457 e. The molecule has 0 aromatic heterocycles. The van der Waals surface area contributed by atoms with Crippen LogP contribution in [0, 0.1) is 17.0 Å². The third kappa shape index (κ3) is 5.70. The highest BCUT2D eigenvalue weighted by molar-refractivity contribution is 6.31. The fraction of sp³-hybridized carbons (Fsp3) is 0.0952. The van der Waals surface area contributed by atoms with Gasteiger partial charge in [0, 0.05) is 17.2 Å². The summed E-state index contributed by atoms with van der Waals surface area (Å²) in [5.74, 6) is 0.657. The van der Waals surface area contributed by atoms with Crippen LogP contribution in [-0.2, 0) is 11.3 Å². The smallest absolute Gasteiger partial charge is 0.411 e. The first-order chi connectivity index (χ1) is 13.9. The summed E-state index contributed by atoms with van der Waals surface area (Å²) in [7, 11) is 0. The van der Waals surface area contributed by atoms with E-state index in [0.717, 1.165) is 11.1 Å². The predicted molar refractivity (Wildman–Crippen MR) is 110 cm³/mol. The van der Waals surface area contributed by atoms with Gasteiger partial charge in [-0.15, -0.1) is 0 Å². The van der Waals surface area contributed by atoms with E-state index in [1.165, 1.54) is 18.2 Å². The highest BCUT2D eigenvalue weighted by Gasteiger charge is 2.14. The van der Waals surface area contributed by atoms with Crippen LogP contribution in [0.4, 0.5) is 16.2 Å². The van der Waals surface area contributed by atoms with Gasteiger partial charge in [-0.1, -0.05) is 41.9 Å². The zero-order chi connectivity index (χ0) is 20.8. The minimum atomic E-state index is -0.734. The van der Waals surface area contributed by atoms with Crippen LogP contribution in [0.5, 0.6) is 11.5 Å². The number of benzene rings is 3. The number of hydrogen-bond acceptors (Lipinski definition) is 5.